The van der Waals surface area contributed by atoms with Crippen LogP contribution >= 0.6 is 0 Å². The summed E-state index contributed by atoms with van der Waals surface area (Å²) in [6.45, 7) is 0.135. The third-order valence-electron chi connectivity index (χ3n) is 3.19. The van der Waals surface area contributed by atoms with Gasteiger partial charge in [-0.1, -0.05) is 12.1 Å². The number of ether oxygens (including phenoxy) is 2. The Kier molecular flexibility index (Phi) is 5.73. The lowest BCUT2D eigenvalue weighted by Gasteiger charge is -2.10. The largest absolute Gasteiger partial charge is 0.493 e. The number of amides is 2. The summed E-state index contributed by atoms with van der Waals surface area (Å²) < 4.78 is 23.3. The molecule has 7 heteroatoms. The molecule has 2 N–H and O–H groups in total. The van der Waals surface area contributed by atoms with Crippen molar-refractivity contribution in [3.63, 3.8) is 0 Å². The van der Waals surface area contributed by atoms with E-state index in [1.165, 1.54) is 32.4 Å². The van der Waals surface area contributed by atoms with E-state index in [2.05, 4.69) is 10.6 Å². The van der Waals surface area contributed by atoms with Crippen molar-refractivity contribution in [2.45, 2.75) is 6.54 Å². The van der Waals surface area contributed by atoms with Crippen LogP contribution < -0.4 is 20.1 Å². The zero-order valence-electron chi connectivity index (χ0n) is 13.3. The molecule has 0 radical (unpaired) electrons. The number of carbonyl (C=O) groups excluding carboxylic acids is 2. The first-order valence-corrected chi connectivity index (χ1v) is 7.09. The summed E-state index contributed by atoms with van der Waals surface area (Å²) in [7, 11) is 3.03. The van der Waals surface area contributed by atoms with Crippen LogP contribution in [0, 0.1) is 5.82 Å². The van der Waals surface area contributed by atoms with E-state index in [0.717, 1.165) is 11.6 Å². The third kappa shape index (κ3) is 4.45. The standard InChI is InChI=1S/C17H17FN2O4/c1-23-14-7-6-11(8-15(14)24-2)10-19-16(21)17(22)20-13-5-3-4-12(18)9-13/h3-9H,10H2,1-2H3,(H,19,21)(H,20,22). The Morgan fingerprint density at radius 2 is 1.75 bits per heavy atom. The number of rotatable bonds is 5. The van der Waals surface area contributed by atoms with E-state index < -0.39 is 17.6 Å². The monoisotopic (exact) mass is 332 g/mol. The van der Waals surface area contributed by atoms with Crippen LogP contribution in [0.3, 0.4) is 0 Å². The number of carbonyl (C=O) groups is 2. The van der Waals surface area contributed by atoms with E-state index >= 15 is 0 Å². The third-order valence-corrected chi connectivity index (χ3v) is 3.19. The molecule has 0 aromatic heterocycles. The van der Waals surface area contributed by atoms with Crippen molar-refractivity contribution >= 4 is 17.5 Å². The lowest BCUT2D eigenvalue weighted by molar-refractivity contribution is -0.136. The molecule has 2 aromatic rings. The predicted molar refractivity (Wildman–Crippen MR) is 86.4 cm³/mol. The maximum absolute atomic E-state index is 13.0. The van der Waals surface area contributed by atoms with Gasteiger partial charge in [0, 0.05) is 12.2 Å². The quantitative estimate of drug-likeness (QED) is 0.822. The van der Waals surface area contributed by atoms with E-state index in [1.807, 2.05) is 0 Å². The Morgan fingerprint density at radius 1 is 1.00 bits per heavy atom. The second kappa shape index (κ2) is 7.96. The Bertz CT molecular complexity index is 749. The zero-order valence-corrected chi connectivity index (χ0v) is 13.3. The minimum atomic E-state index is -0.874. The van der Waals surface area contributed by atoms with E-state index in [-0.39, 0.29) is 12.2 Å². The highest BCUT2D eigenvalue weighted by Gasteiger charge is 2.14. The number of anilines is 1. The molecule has 0 aliphatic carbocycles. The lowest BCUT2D eigenvalue weighted by atomic mass is 10.2. The van der Waals surface area contributed by atoms with Crippen molar-refractivity contribution in [3.8, 4) is 11.5 Å². The summed E-state index contributed by atoms with van der Waals surface area (Å²) in [4.78, 5) is 23.6. The highest BCUT2D eigenvalue weighted by atomic mass is 19.1. The second-order valence-corrected chi connectivity index (χ2v) is 4.84. The molecular formula is C17H17FN2O4. The topological polar surface area (TPSA) is 76.7 Å². The molecule has 0 unspecified atom stereocenters. The highest BCUT2D eigenvalue weighted by molar-refractivity contribution is 6.39. The molecular weight excluding hydrogens is 315 g/mol. The van der Waals surface area contributed by atoms with Crippen LogP contribution in [-0.4, -0.2) is 26.0 Å². The summed E-state index contributed by atoms with van der Waals surface area (Å²) in [6.07, 6.45) is 0. The van der Waals surface area contributed by atoms with Crippen molar-refractivity contribution in [3.05, 3.63) is 53.8 Å². The fraction of sp³-hybridized carbons (Fsp3) is 0.176. The van der Waals surface area contributed by atoms with Gasteiger partial charge in [0.05, 0.1) is 14.2 Å². The Balaban J connectivity index is 1.94. The van der Waals surface area contributed by atoms with Crippen LogP contribution in [0.2, 0.25) is 0 Å². The number of methoxy groups -OCH3 is 2. The molecule has 0 aliphatic rings. The Labute approximate surface area is 138 Å². The molecule has 0 saturated heterocycles. The van der Waals surface area contributed by atoms with Gasteiger partial charge in [-0.2, -0.15) is 0 Å². The van der Waals surface area contributed by atoms with Crippen LogP contribution in [0.25, 0.3) is 0 Å². The number of hydrogen-bond donors (Lipinski definition) is 2. The molecule has 0 heterocycles. The lowest BCUT2D eigenvalue weighted by Crippen LogP contribution is -2.34. The molecule has 2 amide bonds. The van der Waals surface area contributed by atoms with Gasteiger partial charge in [0.2, 0.25) is 0 Å². The Hall–Kier alpha value is -3.09. The first-order valence-electron chi connectivity index (χ1n) is 7.09. The van der Waals surface area contributed by atoms with E-state index in [1.54, 1.807) is 18.2 Å². The van der Waals surface area contributed by atoms with Gasteiger partial charge in [0.1, 0.15) is 5.82 Å². The molecule has 2 rings (SSSR count). The maximum atomic E-state index is 13.0. The smallest absolute Gasteiger partial charge is 0.313 e. The van der Waals surface area contributed by atoms with Crippen LogP contribution in [0.5, 0.6) is 11.5 Å². The molecule has 2 aromatic carbocycles. The number of halogens is 1. The molecule has 0 aliphatic heterocycles. The number of nitrogens with one attached hydrogen (secondary N) is 2. The molecule has 0 atom stereocenters. The molecule has 0 saturated carbocycles. The summed E-state index contributed by atoms with van der Waals surface area (Å²) in [5.41, 5.74) is 0.945. The molecule has 0 bridgehead atoms. The minimum absolute atomic E-state index is 0.135. The molecule has 126 valence electrons. The van der Waals surface area contributed by atoms with Crippen LogP contribution in [0.15, 0.2) is 42.5 Å². The first kappa shape index (κ1) is 17.3. The molecule has 24 heavy (non-hydrogen) atoms. The molecule has 6 nitrogen and oxygen atoms in total. The van der Waals surface area contributed by atoms with E-state index in [0.29, 0.717) is 11.5 Å². The Morgan fingerprint density at radius 3 is 2.42 bits per heavy atom. The van der Waals surface area contributed by atoms with Crippen LogP contribution in [-0.2, 0) is 16.1 Å². The van der Waals surface area contributed by atoms with Gasteiger partial charge >= 0.3 is 11.8 Å². The van der Waals surface area contributed by atoms with Gasteiger partial charge in [-0.15, -0.1) is 0 Å². The fourth-order valence-corrected chi connectivity index (χ4v) is 2.01. The van der Waals surface area contributed by atoms with Crippen molar-refractivity contribution in [1.29, 1.82) is 0 Å². The van der Waals surface area contributed by atoms with Crippen molar-refractivity contribution in [2.24, 2.45) is 0 Å². The van der Waals surface area contributed by atoms with Crippen molar-refractivity contribution in [2.75, 3.05) is 19.5 Å². The number of hydrogen-bond acceptors (Lipinski definition) is 4. The average molecular weight is 332 g/mol. The van der Waals surface area contributed by atoms with E-state index in [4.69, 9.17) is 9.47 Å². The van der Waals surface area contributed by atoms with Gasteiger partial charge in [-0.05, 0) is 35.9 Å². The van der Waals surface area contributed by atoms with Crippen molar-refractivity contribution in [1.82, 2.24) is 5.32 Å². The summed E-state index contributed by atoms with van der Waals surface area (Å²) in [5, 5.41) is 4.81. The van der Waals surface area contributed by atoms with Crippen LogP contribution in [0.4, 0.5) is 10.1 Å². The second-order valence-electron chi connectivity index (χ2n) is 4.84. The van der Waals surface area contributed by atoms with Crippen molar-refractivity contribution < 1.29 is 23.5 Å². The van der Waals surface area contributed by atoms with E-state index in [9.17, 15) is 14.0 Å². The van der Waals surface area contributed by atoms with Gasteiger partial charge in [0.25, 0.3) is 0 Å². The SMILES string of the molecule is COc1ccc(CNC(=O)C(=O)Nc2cccc(F)c2)cc1OC. The summed E-state index contributed by atoms with van der Waals surface area (Å²) in [6, 6.07) is 10.4. The summed E-state index contributed by atoms with van der Waals surface area (Å²) in [5.74, 6) is -1.11. The highest BCUT2D eigenvalue weighted by Crippen LogP contribution is 2.27. The predicted octanol–water partition coefficient (Wildman–Crippen LogP) is 2.10. The normalized spacial score (nSPS) is 9.96. The van der Waals surface area contributed by atoms with Gasteiger partial charge in [-0.25, -0.2) is 4.39 Å². The minimum Gasteiger partial charge on any atom is -0.493 e. The first-order chi connectivity index (χ1) is 11.5. The van der Waals surface area contributed by atoms with Gasteiger partial charge < -0.3 is 20.1 Å². The maximum Gasteiger partial charge on any atom is 0.313 e. The average Bonchev–Trinajstić information content (AvgIpc) is 2.59. The molecule has 0 spiro atoms. The van der Waals surface area contributed by atoms with Gasteiger partial charge in [-0.3, -0.25) is 9.59 Å². The number of benzene rings is 2. The van der Waals surface area contributed by atoms with Gasteiger partial charge in [0.15, 0.2) is 11.5 Å². The molecule has 0 fully saturated rings. The zero-order chi connectivity index (χ0) is 17.5. The fourth-order valence-electron chi connectivity index (χ4n) is 2.01. The van der Waals surface area contributed by atoms with Crippen LogP contribution in [0.1, 0.15) is 5.56 Å². The summed E-state index contributed by atoms with van der Waals surface area (Å²) >= 11 is 0.